The van der Waals surface area contributed by atoms with E-state index >= 15 is 0 Å². The van der Waals surface area contributed by atoms with Gasteiger partial charge in [-0.25, -0.2) is 0 Å². The van der Waals surface area contributed by atoms with Gasteiger partial charge in [0, 0.05) is 24.6 Å². The number of nitrogens with two attached hydrogens (primary N) is 1. The summed E-state index contributed by atoms with van der Waals surface area (Å²) in [7, 11) is 1.64. The summed E-state index contributed by atoms with van der Waals surface area (Å²) in [6, 6.07) is 7.57. The van der Waals surface area contributed by atoms with Crippen molar-refractivity contribution in [2.45, 2.75) is 31.8 Å². The monoisotopic (exact) mass is 248 g/mol. The lowest BCUT2D eigenvalue weighted by molar-refractivity contribution is -0.129. The van der Waals surface area contributed by atoms with Gasteiger partial charge in [-0.15, -0.1) is 0 Å². The van der Waals surface area contributed by atoms with E-state index in [-0.39, 0.29) is 18.0 Å². The average Bonchev–Trinajstić information content (AvgIpc) is 2.65. The number of para-hydroxylation sites is 1. The van der Waals surface area contributed by atoms with Gasteiger partial charge in [-0.1, -0.05) is 25.1 Å². The smallest absolute Gasteiger partial charge is 0.224 e. The molecular weight excluding hydrogens is 228 g/mol. The van der Waals surface area contributed by atoms with Gasteiger partial charge in [0.1, 0.15) is 5.75 Å². The van der Waals surface area contributed by atoms with Crippen molar-refractivity contribution in [1.82, 2.24) is 4.90 Å². The van der Waals surface area contributed by atoms with E-state index in [9.17, 15) is 4.79 Å². The fourth-order valence-electron chi connectivity index (χ4n) is 2.63. The molecule has 1 amide bonds. The zero-order valence-corrected chi connectivity index (χ0v) is 10.9. The molecule has 0 radical (unpaired) electrons. The molecule has 1 aromatic carbocycles. The topological polar surface area (TPSA) is 55.6 Å². The summed E-state index contributed by atoms with van der Waals surface area (Å²) in [6.07, 6.45) is 1.35. The zero-order chi connectivity index (χ0) is 13.1. The van der Waals surface area contributed by atoms with Crippen molar-refractivity contribution in [3.63, 3.8) is 0 Å². The molecule has 2 unspecified atom stereocenters. The molecule has 18 heavy (non-hydrogen) atoms. The van der Waals surface area contributed by atoms with Gasteiger partial charge in [-0.3, -0.25) is 4.79 Å². The van der Waals surface area contributed by atoms with Crippen LogP contribution in [0.15, 0.2) is 24.3 Å². The first-order valence-electron chi connectivity index (χ1n) is 6.37. The molecule has 4 nitrogen and oxygen atoms in total. The zero-order valence-electron chi connectivity index (χ0n) is 10.9. The predicted octanol–water partition coefficient (Wildman–Crippen LogP) is 1.71. The summed E-state index contributed by atoms with van der Waals surface area (Å²) < 4.78 is 5.37. The van der Waals surface area contributed by atoms with Crippen molar-refractivity contribution in [1.29, 1.82) is 0 Å². The highest BCUT2D eigenvalue weighted by atomic mass is 16.5. The van der Waals surface area contributed by atoms with Gasteiger partial charge in [0.15, 0.2) is 0 Å². The predicted molar refractivity (Wildman–Crippen MR) is 70.3 cm³/mol. The van der Waals surface area contributed by atoms with Crippen LogP contribution in [0.25, 0.3) is 0 Å². The van der Waals surface area contributed by atoms with Gasteiger partial charge in [-0.2, -0.15) is 0 Å². The van der Waals surface area contributed by atoms with E-state index in [1.807, 2.05) is 29.2 Å². The molecule has 1 aliphatic rings. The van der Waals surface area contributed by atoms with Crippen LogP contribution in [0.3, 0.4) is 0 Å². The lowest BCUT2D eigenvalue weighted by Gasteiger charge is -2.28. The second kappa shape index (κ2) is 5.40. The third-order valence-corrected chi connectivity index (χ3v) is 3.39. The Morgan fingerprint density at radius 2 is 2.17 bits per heavy atom. The first-order valence-corrected chi connectivity index (χ1v) is 6.37. The summed E-state index contributed by atoms with van der Waals surface area (Å²) in [4.78, 5) is 13.8. The van der Waals surface area contributed by atoms with E-state index in [0.717, 1.165) is 24.3 Å². The number of carbonyl (C=O) groups excluding carboxylic acids is 1. The van der Waals surface area contributed by atoms with Crippen molar-refractivity contribution in [2.75, 3.05) is 13.7 Å². The van der Waals surface area contributed by atoms with E-state index < -0.39 is 0 Å². The molecule has 2 rings (SSSR count). The van der Waals surface area contributed by atoms with Gasteiger partial charge in [0.25, 0.3) is 0 Å². The van der Waals surface area contributed by atoms with E-state index in [1.54, 1.807) is 7.11 Å². The third-order valence-electron chi connectivity index (χ3n) is 3.39. The first kappa shape index (κ1) is 12.9. The molecule has 1 saturated heterocycles. The van der Waals surface area contributed by atoms with Gasteiger partial charge < -0.3 is 15.4 Å². The van der Waals surface area contributed by atoms with Gasteiger partial charge in [0.05, 0.1) is 13.2 Å². The highest BCUT2D eigenvalue weighted by molar-refractivity contribution is 5.80. The van der Waals surface area contributed by atoms with Crippen molar-refractivity contribution in [2.24, 2.45) is 5.73 Å². The van der Waals surface area contributed by atoms with Crippen LogP contribution >= 0.6 is 0 Å². The summed E-state index contributed by atoms with van der Waals surface area (Å²) >= 11 is 0. The van der Waals surface area contributed by atoms with Crippen molar-refractivity contribution in [3.8, 4) is 5.75 Å². The number of methoxy groups -OCH3 is 1. The Morgan fingerprint density at radius 3 is 2.83 bits per heavy atom. The summed E-state index contributed by atoms with van der Waals surface area (Å²) in [5.41, 5.74) is 7.13. The maximum atomic E-state index is 12.0. The molecule has 98 valence electrons. The highest BCUT2D eigenvalue weighted by Gasteiger charge is 2.39. The van der Waals surface area contributed by atoms with Crippen molar-refractivity contribution >= 4 is 5.91 Å². The van der Waals surface area contributed by atoms with E-state index in [0.29, 0.717) is 6.42 Å². The minimum atomic E-state index is -0.152. The molecule has 4 heteroatoms. The van der Waals surface area contributed by atoms with E-state index in [2.05, 4.69) is 6.92 Å². The number of carbonyl (C=O) groups is 1. The number of hydrogen-bond acceptors (Lipinski definition) is 3. The fourth-order valence-corrected chi connectivity index (χ4v) is 2.63. The van der Waals surface area contributed by atoms with Crippen LogP contribution in [0, 0.1) is 0 Å². The molecule has 1 aliphatic heterocycles. The number of ether oxygens (including phenoxy) is 1. The molecular formula is C14H20N2O2. The summed E-state index contributed by atoms with van der Waals surface area (Å²) in [5.74, 6) is 0.939. The summed E-state index contributed by atoms with van der Waals surface area (Å²) in [5, 5.41) is 0. The largest absolute Gasteiger partial charge is 0.496 e. The molecule has 0 saturated carbocycles. The minimum Gasteiger partial charge on any atom is -0.496 e. The van der Waals surface area contributed by atoms with Gasteiger partial charge in [0.2, 0.25) is 5.91 Å². The second-order valence-electron chi connectivity index (χ2n) is 4.64. The van der Waals surface area contributed by atoms with E-state index in [4.69, 9.17) is 10.5 Å². The standard InChI is InChI=1S/C14H20N2O2/c1-3-8-16-13(17)9-11(15)14(16)10-6-4-5-7-12(10)18-2/h4-7,11,14H,3,8-9,15H2,1-2H3. The van der Waals surface area contributed by atoms with Crippen LogP contribution in [0.5, 0.6) is 5.75 Å². The Bertz CT molecular complexity index is 434. The number of nitrogens with zero attached hydrogens (tertiary/aromatic N) is 1. The second-order valence-corrected chi connectivity index (χ2v) is 4.64. The number of rotatable bonds is 4. The van der Waals surface area contributed by atoms with Crippen LogP contribution in [0.1, 0.15) is 31.4 Å². The number of hydrogen-bond donors (Lipinski definition) is 1. The average molecular weight is 248 g/mol. The molecule has 0 aliphatic carbocycles. The molecule has 2 N–H and O–H groups in total. The van der Waals surface area contributed by atoms with Crippen molar-refractivity contribution < 1.29 is 9.53 Å². The quantitative estimate of drug-likeness (QED) is 0.882. The van der Waals surface area contributed by atoms with Crippen molar-refractivity contribution in [3.05, 3.63) is 29.8 Å². The fraction of sp³-hybridized carbons (Fsp3) is 0.500. The molecule has 1 fully saturated rings. The molecule has 1 aromatic rings. The lowest BCUT2D eigenvalue weighted by atomic mass is 9.99. The maximum Gasteiger partial charge on any atom is 0.224 e. The molecule has 0 bridgehead atoms. The van der Waals surface area contributed by atoms with Crippen LogP contribution in [0.4, 0.5) is 0 Å². The van der Waals surface area contributed by atoms with Gasteiger partial charge >= 0.3 is 0 Å². The van der Waals surface area contributed by atoms with Crippen LogP contribution in [-0.2, 0) is 4.79 Å². The SMILES string of the molecule is CCCN1C(=O)CC(N)C1c1ccccc1OC. The molecule has 2 atom stereocenters. The number of likely N-dealkylation sites (tertiary alicyclic amines) is 1. The Kier molecular flexibility index (Phi) is 3.87. The maximum absolute atomic E-state index is 12.0. The Hall–Kier alpha value is -1.55. The van der Waals surface area contributed by atoms with Crippen LogP contribution in [-0.4, -0.2) is 30.5 Å². The Balaban J connectivity index is 2.37. The highest BCUT2D eigenvalue weighted by Crippen LogP contribution is 2.36. The number of benzene rings is 1. The van der Waals surface area contributed by atoms with E-state index in [1.165, 1.54) is 0 Å². The Morgan fingerprint density at radius 1 is 1.44 bits per heavy atom. The Labute approximate surface area is 108 Å². The van der Waals surface area contributed by atoms with Crippen LogP contribution in [0.2, 0.25) is 0 Å². The van der Waals surface area contributed by atoms with Crippen LogP contribution < -0.4 is 10.5 Å². The first-order chi connectivity index (χ1) is 8.69. The lowest BCUT2D eigenvalue weighted by Crippen LogP contribution is -2.33. The molecule has 1 heterocycles. The third kappa shape index (κ3) is 2.20. The normalized spacial score (nSPS) is 23.5. The molecule has 0 aromatic heterocycles. The van der Waals surface area contributed by atoms with Gasteiger partial charge in [-0.05, 0) is 12.5 Å². The minimum absolute atomic E-state index is 0.0615. The molecule has 0 spiro atoms. The summed E-state index contributed by atoms with van der Waals surface area (Å²) in [6.45, 7) is 2.81. The number of amides is 1.